The van der Waals surface area contributed by atoms with Crippen molar-refractivity contribution in [1.82, 2.24) is 5.01 Å². The number of anilines is 1. The summed E-state index contributed by atoms with van der Waals surface area (Å²) in [7, 11) is 2.85. The molecule has 3 aromatic rings. The van der Waals surface area contributed by atoms with E-state index in [9.17, 15) is 14.9 Å². The van der Waals surface area contributed by atoms with Gasteiger partial charge >= 0.3 is 0 Å². The number of nitrogens with zero attached hydrogens (tertiary/aromatic N) is 3. The smallest absolute Gasteiger partial charge is 0.278 e. The zero-order valence-electron chi connectivity index (χ0n) is 18.6. The summed E-state index contributed by atoms with van der Waals surface area (Å²) >= 11 is 25.0. The van der Waals surface area contributed by atoms with Gasteiger partial charge < -0.3 is 14.8 Å². The summed E-state index contributed by atoms with van der Waals surface area (Å²) in [5, 5.41) is 21.0. The number of nitro benzene ring substituents is 1. The van der Waals surface area contributed by atoms with Crippen molar-refractivity contribution < 1.29 is 19.2 Å². The summed E-state index contributed by atoms with van der Waals surface area (Å²) in [6, 6.07) is 9.97. The van der Waals surface area contributed by atoms with E-state index >= 15 is 0 Å². The first-order chi connectivity index (χ1) is 17.1. The molecule has 0 spiro atoms. The van der Waals surface area contributed by atoms with Crippen LogP contribution < -0.4 is 14.8 Å². The van der Waals surface area contributed by atoms with Gasteiger partial charge in [-0.1, -0.05) is 46.4 Å². The number of ether oxygens (including phenoxy) is 2. The highest BCUT2D eigenvalue weighted by Gasteiger charge is 2.36. The second-order valence-electron chi connectivity index (χ2n) is 7.45. The number of non-ortho nitro benzene ring substituents is 1. The zero-order chi connectivity index (χ0) is 26.1. The lowest BCUT2D eigenvalue weighted by Gasteiger charge is -2.35. The predicted molar refractivity (Wildman–Crippen MR) is 139 cm³/mol. The molecule has 1 atom stereocenters. The van der Waals surface area contributed by atoms with Crippen LogP contribution >= 0.6 is 46.4 Å². The number of hydrazone groups is 1. The molecule has 0 saturated carbocycles. The summed E-state index contributed by atoms with van der Waals surface area (Å²) in [5.41, 5.74) is 0.976. The molecule has 0 aliphatic carbocycles. The Kier molecular flexibility index (Phi) is 7.46. The number of amides is 1. The molecule has 0 saturated heterocycles. The fourth-order valence-corrected chi connectivity index (χ4v) is 4.92. The first kappa shape index (κ1) is 25.8. The molecule has 186 valence electrons. The van der Waals surface area contributed by atoms with Gasteiger partial charge in [-0.3, -0.25) is 14.9 Å². The van der Waals surface area contributed by atoms with Crippen molar-refractivity contribution >= 4 is 69.9 Å². The normalized spacial score (nSPS) is 15.0. The number of fused-ring (bicyclic) bond motifs is 1. The number of rotatable bonds is 6. The molecule has 0 unspecified atom stereocenters. The third-order valence-electron chi connectivity index (χ3n) is 5.29. The van der Waals surface area contributed by atoms with E-state index in [1.165, 1.54) is 50.8 Å². The van der Waals surface area contributed by atoms with Crippen molar-refractivity contribution in [2.75, 3.05) is 19.5 Å². The van der Waals surface area contributed by atoms with Crippen LogP contribution in [0.15, 0.2) is 47.6 Å². The number of hydrogen-bond acceptors (Lipinski definition) is 7. The topological polar surface area (TPSA) is 106 Å². The predicted octanol–water partition coefficient (Wildman–Crippen LogP) is 6.83. The van der Waals surface area contributed by atoms with Crippen molar-refractivity contribution in [3.63, 3.8) is 0 Å². The Labute approximate surface area is 225 Å². The third kappa shape index (κ3) is 4.87. The second-order valence-corrected chi connectivity index (χ2v) is 9.14. The van der Waals surface area contributed by atoms with Gasteiger partial charge in [-0.05, 0) is 30.3 Å². The summed E-state index contributed by atoms with van der Waals surface area (Å²) in [4.78, 5) is 24.3. The van der Waals surface area contributed by atoms with Crippen LogP contribution in [0.1, 0.15) is 27.7 Å². The molecular weight excluding hydrogens is 554 g/mol. The molecule has 4 rings (SSSR count). The van der Waals surface area contributed by atoms with Crippen LogP contribution in [0.5, 0.6) is 11.5 Å². The lowest BCUT2D eigenvalue weighted by molar-refractivity contribution is -0.384. The van der Waals surface area contributed by atoms with E-state index in [1.54, 1.807) is 12.1 Å². The van der Waals surface area contributed by atoms with Crippen LogP contribution in [0.2, 0.25) is 20.1 Å². The van der Waals surface area contributed by atoms with Crippen LogP contribution in [0.4, 0.5) is 11.4 Å². The largest absolute Gasteiger partial charge is 0.495 e. The molecule has 0 fully saturated rings. The van der Waals surface area contributed by atoms with Crippen molar-refractivity contribution in [3.05, 3.63) is 89.4 Å². The molecular formula is C23H16Cl4N4O5. The van der Waals surface area contributed by atoms with Gasteiger partial charge in [0.15, 0.2) is 6.17 Å². The Balaban J connectivity index is 1.89. The van der Waals surface area contributed by atoms with Gasteiger partial charge in [0.2, 0.25) is 0 Å². The van der Waals surface area contributed by atoms with E-state index in [-0.39, 0.29) is 37.8 Å². The monoisotopic (exact) mass is 568 g/mol. The van der Waals surface area contributed by atoms with E-state index in [1.807, 2.05) is 0 Å². The molecule has 3 aromatic carbocycles. The number of nitro groups is 1. The van der Waals surface area contributed by atoms with Crippen LogP contribution in [-0.2, 0) is 0 Å². The Hall–Kier alpha value is -3.24. The highest BCUT2D eigenvalue weighted by molar-refractivity contribution is 6.36. The van der Waals surface area contributed by atoms with Gasteiger partial charge in [0.25, 0.3) is 11.6 Å². The van der Waals surface area contributed by atoms with Crippen LogP contribution in [0.3, 0.4) is 0 Å². The summed E-state index contributed by atoms with van der Waals surface area (Å²) in [5.74, 6) is -0.00726. The van der Waals surface area contributed by atoms with Crippen molar-refractivity contribution in [2.24, 2.45) is 5.10 Å². The van der Waals surface area contributed by atoms with E-state index in [2.05, 4.69) is 10.4 Å². The number of hydrogen-bond donors (Lipinski definition) is 1. The number of halogens is 4. The Morgan fingerprint density at radius 3 is 2.28 bits per heavy atom. The minimum atomic E-state index is -1.00. The molecule has 9 nitrogen and oxygen atoms in total. The maximum absolute atomic E-state index is 13.6. The van der Waals surface area contributed by atoms with Crippen LogP contribution in [-0.4, -0.2) is 36.3 Å². The van der Waals surface area contributed by atoms with Gasteiger partial charge in [-0.2, -0.15) is 5.10 Å². The average molecular weight is 570 g/mol. The SMILES string of the molecule is COc1c(Cl)cc(Cl)cc1/C=N\N1C(=O)c2ccc([N+](=O)[O-])cc2N[C@H]1c1cc(Cl)cc(Cl)c1OC. The highest BCUT2D eigenvalue weighted by Crippen LogP contribution is 2.42. The molecule has 1 aliphatic heterocycles. The lowest BCUT2D eigenvalue weighted by atomic mass is 10.0. The van der Waals surface area contributed by atoms with Crippen LogP contribution in [0, 0.1) is 10.1 Å². The molecule has 1 N–H and O–H groups in total. The third-order valence-corrected chi connectivity index (χ3v) is 6.29. The standard InChI is InChI=1S/C23H16Cl4N4O5/c1-35-20-11(5-12(24)7-17(20)26)10-28-30-22(16-6-13(25)8-18(27)21(16)36-2)29-19-9-14(31(33)34)3-4-15(19)23(30)32/h3-10,22,29H,1-2H3/b28-10-/t22-/m1/s1. The molecule has 36 heavy (non-hydrogen) atoms. The zero-order valence-corrected chi connectivity index (χ0v) is 21.6. The van der Waals surface area contributed by atoms with Crippen molar-refractivity contribution in [1.29, 1.82) is 0 Å². The maximum atomic E-state index is 13.6. The second kappa shape index (κ2) is 10.4. The Morgan fingerprint density at radius 1 is 1.00 bits per heavy atom. The van der Waals surface area contributed by atoms with E-state index in [0.717, 1.165) is 5.01 Å². The molecule has 0 bridgehead atoms. The minimum Gasteiger partial charge on any atom is -0.495 e. The molecule has 1 heterocycles. The fourth-order valence-electron chi connectivity index (χ4n) is 3.74. The van der Waals surface area contributed by atoms with E-state index in [0.29, 0.717) is 21.9 Å². The van der Waals surface area contributed by atoms with Crippen LogP contribution in [0.25, 0.3) is 0 Å². The maximum Gasteiger partial charge on any atom is 0.278 e. The van der Waals surface area contributed by atoms with E-state index < -0.39 is 17.0 Å². The number of nitrogens with one attached hydrogen (secondary N) is 1. The van der Waals surface area contributed by atoms with Gasteiger partial charge in [-0.15, -0.1) is 0 Å². The summed E-state index contributed by atoms with van der Waals surface area (Å²) < 4.78 is 10.8. The number of benzene rings is 3. The first-order valence-corrected chi connectivity index (χ1v) is 11.6. The van der Waals surface area contributed by atoms with Gasteiger partial charge in [0.1, 0.15) is 11.5 Å². The number of methoxy groups -OCH3 is 2. The molecule has 1 aliphatic rings. The van der Waals surface area contributed by atoms with Gasteiger partial charge in [-0.25, -0.2) is 5.01 Å². The molecule has 0 aromatic heterocycles. The average Bonchev–Trinajstić information content (AvgIpc) is 2.82. The Bertz CT molecular complexity index is 1420. The lowest BCUT2D eigenvalue weighted by Crippen LogP contribution is -2.40. The Morgan fingerprint density at radius 2 is 1.64 bits per heavy atom. The fraction of sp³-hybridized carbons (Fsp3) is 0.130. The highest BCUT2D eigenvalue weighted by atomic mass is 35.5. The quantitative estimate of drug-likeness (QED) is 0.198. The number of carbonyl (C=O) groups excluding carboxylic acids is 1. The van der Waals surface area contributed by atoms with Gasteiger partial charge in [0, 0.05) is 33.3 Å². The first-order valence-electron chi connectivity index (χ1n) is 10.1. The number of carbonyl (C=O) groups is 1. The molecule has 0 radical (unpaired) electrons. The molecule has 13 heteroatoms. The minimum absolute atomic E-state index is 0.164. The molecule has 1 amide bonds. The van der Waals surface area contributed by atoms with Gasteiger partial charge in [0.05, 0.1) is 46.7 Å². The van der Waals surface area contributed by atoms with E-state index in [4.69, 9.17) is 55.9 Å². The van der Waals surface area contributed by atoms with Crippen molar-refractivity contribution in [3.8, 4) is 11.5 Å². The van der Waals surface area contributed by atoms with Crippen molar-refractivity contribution in [2.45, 2.75) is 6.17 Å². The summed E-state index contributed by atoms with van der Waals surface area (Å²) in [6.45, 7) is 0. The summed E-state index contributed by atoms with van der Waals surface area (Å²) in [6.07, 6.45) is 0.355.